The van der Waals surface area contributed by atoms with E-state index >= 15 is 0 Å². The van der Waals surface area contributed by atoms with Crippen molar-refractivity contribution in [2.24, 2.45) is 0 Å². The Hall–Kier alpha value is -2.82. The third-order valence-electron chi connectivity index (χ3n) is 3.78. The van der Waals surface area contributed by atoms with Crippen LogP contribution in [0.25, 0.3) is 0 Å². The molecule has 1 aliphatic heterocycles. The van der Waals surface area contributed by atoms with Gasteiger partial charge in [0.2, 0.25) is 0 Å². The van der Waals surface area contributed by atoms with Gasteiger partial charge in [0.05, 0.1) is 12.7 Å². The Morgan fingerprint density at radius 3 is 2.61 bits per heavy atom. The Balaban J connectivity index is 1.55. The van der Waals surface area contributed by atoms with Crippen LogP contribution in [0.15, 0.2) is 48.5 Å². The summed E-state index contributed by atoms with van der Waals surface area (Å²) in [7, 11) is 1.34. The summed E-state index contributed by atoms with van der Waals surface area (Å²) in [6.07, 6.45) is 0.102. The Labute approximate surface area is 134 Å². The normalized spacial score (nSPS) is 15.4. The highest BCUT2D eigenvalue weighted by molar-refractivity contribution is 5.89. The van der Waals surface area contributed by atoms with Crippen LogP contribution in [-0.4, -0.2) is 25.1 Å². The number of fused-ring (bicyclic) bond motifs is 1. The fraction of sp³-hybridized carbons (Fsp3) is 0.222. The summed E-state index contributed by atoms with van der Waals surface area (Å²) in [5.74, 6) is 0.256. The second-order valence-corrected chi connectivity index (χ2v) is 5.32. The molecule has 23 heavy (non-hydrogen) atoms. The quantitative estimate of drug-likeness (QED) is 0.878. The smallest absolute Gasteiger partial charge is 0.337 e. The molecule has 0 aromatic heterocycles. The van der Waals surface area contributed by atoms with E-state index in [-0.39, 0.29) is 11.9 Å². The third-order valence-corrected chi connectivity index (χ3v) is 3.78. The number of carbonyl (C=O) groups excluding carboxylic acids is 2. The number of hydrogen-bond acceptors (Lipinski definition) is 4. The minimum absolute atomic E-state index is 0.141. The molecule has 2 aromatic carbocycles. The Morgan fingerprint density at radius 1 is 1.17 bits per heavy atom. The van der Waals surface area contributed by atoms with Gasteiger partial charge in [-0.05, 0) is 29.3 Å². The predicted octanol–water partition coefficient (Wildman–Crippen LogP) is 2.09. The Bertz CT molecular complexity index is 699. The number of hydrogen-bond donors (Lipinski definition) is 1. The van der Waals surface area contributed by atoms with Crippen molar-refractivity contribution in [1.82, 2.24) is 5.32 Å². The molecule has 1 aliphatic rings. The topological polar surface area (TPSA) is 64.6 Å². The monoisotopic (exact) mass is 311 g/mol. The molecule has 1 heterocycles. The SMILES string of the molecule is COC(=O)c1ccc(CNC(=O)[C@H]2Cc3ccccc3O2)cc1. The molecular weight excluding hydrogens is 294 g/mol. The van der Waals surface area contributed by atoms with Crippen molar-refractivity contribution in [3.8, 4) is 5.75 Å². The minimum atomic E-state index is -0.484. The second kappa shape index (κ2) is 6.52. The standard InChI is InChI=1S/C18H17NO4/c1-22-18(21)13-8-6-12(7-9-13)11-19-17(20)16-10-14-4-2-3-5-15(14)23-16/h2-9,16H,10-11H2,1H3,(H,19,20)/t16-/m1/s1. The van der Waals surface area contributed by atoms with Crippen molar-refractivity contribution >= 4 is 11.9 Å². The summed E-state index contributed by atoms with van der Waals surface area (Å²) in [6.45, 7) is 0.385. The van der Waals surface area contributed by atoms with Crippen molar-refractivity contribution < 1.29 is 19.1 Å². The molecule has 1 amide bonds. The molecule has 3 rings (SSSR count). The van der Waals surface area contributed by atoms with Gasteiger partial charge in [-0.2, -0.15) is 0 Å². The van der Waals surface area contributed by atoms with Gasteiger partial charge in [-0.25, -0.2) is 4.79 Å². The summed E-state index contributed by atoms with van der Waals surface area (Å²) in [5, 5.41) is 2.86. The lowest BCUT2D eigenvalue weighted by Crippen LogP contribution is -2.37. The number of para-hydroxylation sites is 1. The molecule has 0 spiro atoms. The number of rotatable bonds is 4. The van der Waals surface area contributed by atoms with E-state index in [0.29, 0.717) is 18.5 Å². The van der Waals surface area contributed by atoms with Crippen molar-refractivity contribution in [3.63, 3.8) is 0 Å². The molecule has 1 N–H and O–H groups in total. The first-order valence-corrected chi connectivity index (χ1v) is 7.37. The first-order chi connectivity index (χ1) is 11.2. The molecule has 0 fully saturated rings. The maximum atomic E-state index is 12.2. The first-order valence-electron chi connectivity index (χ1n) is 7.37. The van der Waals surface area contributed by atoms with E-state index in [1.54, 1.807) is 24.3 Å². The van der Waals surface area contributed by atoms with Gasteiger partial charge < -0.3 is 14.8 Å². The van der Waals surface area contributed by atoms with Crippen LogP contribution in [0, 0.1) is 0 Å². The van der Waals surface area contributed by atoms with Crippen LogP contribution in [0.5, 0.6) is 5.75 Å². The van der Waals surface area contributed by atoms with Gasteiger partial charge in [0.1, 0.15) is 5.75 Å². The molecule has 118 valence electrons. The van der Waals surface area contributed by atoms with Crippen LogP contribution in [-0.2, 0) is 22.5 Å². The van der Waals surface area contributed by atoms with E-state index in [2.05, 4.69) is 10.1 Å². The van der Waals surface area contributed by atoms with Crippen LogP contribution in [0.4, 0.5) is 0 Å². The molecule has 0 saturated carbocycles. The first kappa shape index (κ1) is 15.1. The summed E-state index contributed by atoms with van der Waals surface area (Å²) < 4.78 is 10.3. The summed E-state index contributed by atoms with van der Waals surface area (Å²) in [4.78, 5) is 23.6. The van der Waals surface area contributed by atoms with Crippen LogP contribution in [0.1, 0.15) is 21.5 Å². The summed E-state index contributed by atoms with van der Waals surface area (Å²) in [6, 6.07) is 14.6. The van der Waals surface area contributed by atoms with Crippen molar-refractivity contribution in [3.05, 3.63) is 65.2 Å². The number of carbonyl (C=O) groups is 2. The van der Waals surface area contributed by atoms with E-state index in [0.717, 1.165) is 16.9 Å². The molecule has 5 nitrogen and oxygen atoms in total. The summed E-state index contributed by atoms with van der Waals surface area (Å²) in [5.41, 5.74) is 2.44. The summed E-state index contributed by atoms with van der Waals surface area (Å²) >= 11 is 0. The van der Waals surface area contributed by atoms with E-state index in [1.165, 1.54) is 7.11 Å². The van der Waals surface area contributed by atoms with Gasteiger partial charge >= 0.3 is 5.97 Å². The van der Waals surface area contributed by atoms with Gasteiger partial charge in [0.25, 0.3) is 5.91 Å². The van der Waals surface area contributed by atoms with E-state index in [9.17, 15) is 9.59 Å². The largest absolute Gasteiger partial charge is 0.480 e. The van der Waals surface area contributed by atoms with Crippen molar-refractivity contribution in [2.75, 3.05) is 7.11 Å². The highest BCUT2D eigenvalue weighted by atomic mass is 16.5. The van der Waals surface area contributed by atoms with Gasteiger partial charge in [0.15, 0.2) is 6.10 Å². The Kier molecular flexibility index (Phi) is 4.28. The minimum Gasteiger partial charge on any atom is -0.480 e. The lowest BCUT2D eigenvalue weighted by atomic mass is 10.1. The van der Waals surface area contributed by atoms with Gasteiger partial charge in [-0.1, -0.05) is 30.3 Å². The van der Waals surface area contributed by atoms with Crippen LogP contribution in [0.2, 0.25) is 0 Å². The average Bonchev–Trinajstić information content (AvgIpc) is 3.03. The molecule has 0 bridgehead atoms. The fourth-order valence-corrected chi connectivity index (χ4v) is 2.51. The number of benzene rings is 2. The lowest BCUT2D eigenvalue weighted by Gasteiger charge is -2.11. The second-order valence-electron chi connectivity index (χ2n) is 5.32. The molecule has 0 unspecified atom stereocenters. The van der Waals surface area contributed by atoms with E-state index in [4.69, 9.17) is 4.74 Å². The van der Waals surface area contributed by atoms with Crippen LogP contribution < -0.4 is 10.1 Å². The van der Waals surface area contributed by atoms with Crippen molar-refractivity contribution in [2.45, 2.75) is 19.1 Å². The van der Waals surface area contributed by atoms with Crippen molar-refractivity contribution in [1.29, 1.82) is 0 Å². The van der Waals surface area contributed by atoms with E-state index < -0.39 is 6.10 Å². The predicted molar refractivity (Wildman–Crippen MR) is 84.2 cm³/mol. The zero-order valence-corrected chi connectivity index (χ0v) is 12.7. The highest BCUT2D eigenvalue weighted by Crippen LogP contribution is 2.28. The molecule has 2 aromatic rings. The van der Waals surface area contributed by atoms with Crippen LogP contribution >= 0.6 is 0 Å². The maximum absolute atomic E-state index is 12.2. The zero-order chi connectivity index (χ0) is 16.2. The molecule has 0 radical (unpaired) electrons. The average molecular weight is 311 g/mol. The maximum Gasteiger partial charge on any atom is 0.337 e. The molecule has 0 aliphatic carbocycles. The number of amides is 1. The molecule has 1 atom stereocenters. The van der Waals surface area contributed by atoms with Crippen LogP contribution in [0.3, 0.4) is 0 Å². The number of methoxy groups -OCH3 is 1. The zero-order valence-electron chi connectivity index (χ0n) is 12.7. The number of nitrogens with one attached hydrogen (secondary N) is 1. The fourth-order valence-electron chi connectivity index (χ4n) is 2.51. The molecule has 0 saturated heterocycles. The highest BCUT2D eigenvalue weighted by Gasteiger charge is 2.28. The molecule has 5 heteroatoms. The third kappa shape index (κ3) is 3.34. The molecular formula is C18H17NO4. The Morgan fingerprint density at radius 2 is 1.91 bits per heavy atom. The number of ether oxygens (including phenoxy) is 2. The van der Waals surface area contributed by atoms with Gasteiger partial charge in [-0.15, -0.1) is 0 Å². The van der Waals surface area contributed by atoms with E-state index in [1.807, 2.05) is 24.3 Å². The van der Waals surface area contributed by atoms with Gasteiger partial charge in [-0.3, -0.25) is 4.79 Å². The lowest BCUT2D eigenvalue weighted by molar-refractivity contribution is -0.127. The number of esters is 1. The van der Waals surface area contributed by atoms with Gasteiger partial charge in [0, 0.05) is 13.0 Å².